The van der Waals surface area contributed by atoms with Gasteiger partial charge in [0, 0.05) is 17.5 Å². The molecule has 0 aromatic heterocycles. The normalized spacial score (nSPS) is 29.9. The molecular weight excluding hydrogens is 140 g/mol. The van der Waals surface area contributed by atoms with Gasteiger partial charge >= 0.3 is 0 Å². The maximum Gasteiger partial charge on any atom is 0.0301 e. The van der Waals surface area contributed by atoms with Crippen LogP contribution in [-0.4, -0.2) is 12.6 Å². The van der Waals surface area contributed by atoms with E-state index < -0.39 is 0 Å². The summed E-state index contributed by atoms with van der Waals surface area (Å²) in [4.78, 5) is 2.62. The Morgan fingerprint density at radius 2 is 2.33 bits per heavy atom. The SMILES string of the molecule is Cl.[N-]=[N+]=NC[C@H]1C[C@H]1N. The number of hydrogen-bond donors (Lipinski definition) is 1. The fourth-order valence-electron chi connectivity index (χ4n) is 0.622. The molecule has 5 heteroatoms. The lowest BCUT2D eigenvalue weighted by Gasteiger charge is -1.81. The second-order valence-corrected chi connectivity index (χ2v) is 2.07. The Bertz CT molecular complexity index is 131. The van der Waals surface area contributed by atoms with Crippen molar-refractivity contribution in [2.24, 2.45) is 16.8 Å². The van der Waals surface area contributed by atoms with Gasteiger partial charge in [0.15, 0.2) is 0 Å². The zero-order valence-corrected chi connectivity index (χ0v) is 5.71. The van der Waals surface area contributed by atoms with E-state index >= 15 is 0 Å². The molecule has 0 aliphatic heterocycles. The molecule has 0 bridgehead atoms. The largest absolute Gasteiger partial charge is 0.327 e. The summed E-state index contributed by atoms with van der Waals surface area (Å²) in [7, 11) is 0. The third-order valence-electron chi connectivity index (χ3n) is 1.36. The lowest BCUT2D eigenvalue weighted by Crippen LogP contribution is -2.02. The van der Waals surface area contributed by atoms with E-state index in [-0.39, 0.29) is 12.4 Å². The van der Waals surface area contributed by atoms with E-state index in [1.54, 1.807) is 0 Å². The van der Waals surface area contributed by atoms with Crippen molar-refractivity contribution in [2.45, 2.75) is 12.5 Å². The number of azide groups is 1. The third kappa shape index (κ3) is 2.56. The summed E-state index contributed by atoms with van der Waals surface area (Å²) in [5.41, 5.74) is 13.3. The van der Waals surface area contributed by atoms with Crippen LogP contribution >= 0.6 is 12.4 Å². The maximum absolute atomic E-state index is 7.85. The monoisotopic (exact) mass is 148 g/mol. The minimum absolute atomic E-state index is 0. The summed E-state index contributed by atoms with van der Waals surface area (Å²) >= 11 is 0. The molecule has 9 heavy (non-hydrogen) atoms. The number of rotatable bonds is 2. The molecule has 2 N–H and O–H groups in total. The molecule has 4 nitrogen and oxygen atoms in total. The van der Waals surface area contributed by atoms with Crippen molar-refractivity contribution in [3.05, 3.63) is 10.4 Å². The van der Waals surface area contributed by atoms with Crippen molar-refractivity contribution in [2.75, 3.05) is 6.54 Å². The Morgan fingerprint density at radius 1 is 1.78 bits per heavy atom. The molecule has 0 heterocycles. The van der Waals surface area contributed by atoms with E-state index in [1.165, 1.54) is 0 Å². The quantitative estimate of drug-likeness (QED) is 0.355. The predicted molar refractivity (Wildman–Crippen MR) is 37.3 cm³/mol. The molecule has 0 spiro atoms. The van der Waals surface area contributed by atoms with E-state index in [0.717, 1.165) is 6.42 Å². The fourth-order valence-corrected chi connectivity index (χ4v) is 0.622. The molecule has 1 saturated carbocycles. The van der Waals surface area contributed by atoms with Crippen molar-refractivity contribution in [3.8, 4) is 0 Å². The van der Waals surface area contributed by atoms with E-state index in [1.807, 2.05) is 0 Å². The van der Waals surface area contributed by atoms with Crippen LogP contribution in [0, 0.1) is 5.92 Å². The van der Waals surface area contributed by atoms with Crippen LogP contribution in [0.3, 0.4) is 0 Å². The lowest BCUT2D eigenvalue weighted by molar-refractivity contribution is 0.795. The average Bonchev–Trinajstić information content (AvgIpc) is 2.42. The van der Waals surface area contributed by atoms with Gasteiger partial charge in [-0.1, -0.05) is 5.11 Å². The summed E-state index contributed by atoms with van der Waals surface area (Å²) in [5.74, 6) is 0.478. The van der Waals surface area contributed by atoms with E-state index in [0.29, 0.717) is 18.5 Å². The summed E-state index contributed by atoms with van der Waals surface area (Å²) in [6.07, 6.45) is 1.03. The highest BCUT2D eigenvalue weighted by molar-refractivity contribution is 5.85. The van der Waals surface area contributed by atoms with E-state index in [2.05, 4.69) is 10.0 Å². The standard InChI is InChI=1S/C4H8N4.ClH/c5-4-1-3(4)2-7-8-6;/h3-4H,1-2,5H2;1H/t3-,4-;/m1./s1. The zero-order valence-electron chi connectivity index (χ0n) is 4.90. The number of hydrogen-bond acceptors (Lipinski definition) is 2. The highest BCUT2D eigenvalue weighted by Gasteiger charge is 2.31. The first-order chi connectivity index (χ1) is 3.84. The van der Waals surface area contributed by atoms with Gasteiger partial charge in [-0.2, -0.15) is 0 Å². The Balaban J connectivity index is 0.000000640. The third-order valence-corrected chi connectivity index (χ3v) is 1.36. The van der Waals surface area contributed by atoms with Crippen molar-refractivity contribution < 1.29 is 0 Å². The van der Waals surface area contributed by atoms with Gasteiger partial charge in [0.05, 0.1) is 0 Å². The highest BCUT2D eigenvalue weighted by Crippen LogP contribution is 2.27. The second-order valence-electron chi connectivity index (χ2n) is 2.07. The molecule has 52 valence electrons. The Labute approximate surface area is 59.5 Å². The molecule has 2 atom stereocenters. The smallest absolute Gasteiger partial charge is 0.0301 e. The molecule has 0 amide bonds. The second kappa shape index (κ2) is 3.56. The molecule has 1 rings (SSSR count). The van der Waals surface area contributed by atoms with Crippen LogP contribution in [0.5, 0.6) is 0 Å². The van der Waals surface area contributed by atoms with Gasteiger partial charge in [-0.15, -0.1) is 12.4 Å². The molecule has 0 aromatic carbocycles. The first-order valence-electron chi connectivity index (χ1n) is 2.61. The van der Waals surface area contributed by atoms with Gasteiger partial charge in [-0.3, -0.25) is 0 Å². The fraction of sp³-hybridized carbons (Fsp3) is 1.00. The van der Waals surface area contributed by atoms with Crippen LogP contribution in [-0.2, 0) is 0 Å². The molecule has 1 fully saturated rings. The number of nitrogens with two attached hydrogens (primary N) is 1. The van der Waals surface area contributed by atoms with Crippen molar-refractivity contribution in [3.63, 3.8) is 0 Å². The van der Waals surface area contributed by atoms with Gasteiger partial charge < -0.3 is 5.73 Å². The molecular formula is C4H9ClN4. The molecule has 1 aliphatic rings. The van der Waals surface area contributed by atoms with Crippen molar-refractivity contribution >= 4 is 12.4 Å². The molecule has 0 aromatic rings. The van der Waals surface area contributed by atoms with Crippen LogP contribution in [0.25, 0.3) is 10.4 Å². The average molecular weight is 149 g/mol. The van der Waals surface area contributed by atoms with Gasteiger partial charge in [-0.25, -0.2) is 0 Å². The van der Waals surface area contributed by atoms with Crippen LogP contribution in [0.4, 0.5) is 0 Å². The molecule has 0 radical (unpaired) electrons. The lowest BCUT2D eigenvalue weighted by atomic mass is 10.4. The minimum Gasteiger partial charge on any atom is -0.327 e. The Morgan fingerprint density at radius 3 is 2.67 bits per heavy atom. The first kappa shape index (κ1) is 8.56. The minimum atomic E-state index is 0. The van der Waals surface area contributed by atoms with Crippen LogP contribution in [0.2, 0.25) is 0 Å². The van der Waals surface area contributed by atoms with Gasteiger partial charge in [0.1, 0.15) is 0 Å². The van der Waals surface area contributed by atoms with Crippen LogP contribution in [0.1, 0.15) is 6.42 Å². The summed E-state index contributed by atoms with van der Waals surface area (Å²) in [6, 6.07) is 0.306. The van der Waals surface area contributed by atoms with Crippen LogP contribution in [0.15, 0.2) is 5.11 Å². The Kier molecular flexibility index (Phi) is 3.39. The van der Waals surface area contributed by atoms with E-state index in [4.69, 9.17) is 11.3 Å². The zero-order chi connectivity index (χ0) is 5.98. The topological polar surface area (TPSA) is 74.8 Å². The number of halogens is 1. The van der Waals surface area contributed by atoms with Gasteiger partial charge in [0.2, 0.25) is 0 Å². The van der Waals surface area contributed by atoms with Crippen LogP contribution < -0.4 is 5.73 Å². The highest BCUT2D eigenvalue weighted by atomic mass is 35.5. The molecule has 0 unspecified atom stereocenters. The number of nitrogens with zero attached hydrogens (tertiary/aromatic N) is 3. The first-order valence-corrected chi connectivity index (χ1v) is 2.61. The summed E-state index contributed by atoms with van der Waals surface area (Å²) < 4.78 is 0. The van der Waals surface area contributed by atoms with E-state index in [9.17, 15) is 0 Å². The Hall–Kier alpha value is -0.440. The van der Waals surface area contributed by atoms with Crippen molar-refractivity contribution in [1.29, 1.82) is 0 Å². The maximum atomic E-state index is 7.85. The van der Waals surface area contributed by atoms with Gasteiger partial charge in [0.25, 0.3) is 0 Å². The molecule has 1 aliphatic carbocycles. The van der Waals surface area contributed by atoms with Gasteiger partial charge in [-0.05, 0) is 17.9 Å². The van der Waals surface area contributed by atoms with Crippen molar-refractivity contribution in [1.82, 2.24) is 0 Å². The predicted octanol–water partition coefficient (Wildman–Crippen LogP) is 1.07. The molecule has 0 saturated heterocycles. The summed E-state index contributed by atoms with van der Waals surface area (Å²) in [5, 5.41) is 3.38. The summed E-state index contributed by atoms with van der Waals surface area (Å²) in [6.45, 7) is 0.581.